The maximum atomic E-state index is 11.1. The van der Waals surface area contributed by atoms with E-state index in [1.807, 2.05) is 6.92 Å². The molecular weight excluding hydrogens is 316 g/mol. The number of anilines is 2. The summed E-state index contributed by atoms with van der Waals surface area (Å²) in [5, 5.41) is 9.08. The van der Waals surface area contributed by atoms with Gasteiger partial charge in [-0.05, 0) is 36.8 Å². The van der Waals surface area contributed by atoms with E-state index in [-0.39, 0.29) is 17.8 Å². The van der Waals surface area contributed by atoms with Crippen molar-refractivity contribution in [1.29, 1.82) is 0 Å². The molecule has 3 N–H and O–H groups in total. The summed E-state index contributed by atoms with van der Waals surface area (Å²) < 4.78 is 9.49. The molecule has 0 saturated heterocycles. The van der Waals surface area contributed by atoms with Crippen molar-refractivity contribution in [2.24, 2.45) is 0 Å². The zero-order valence-corrected chi connectivity index (χ0v) is 12.6. The van der Waals surface area contributed by atoms with Crippen molar-refractivity contribution >= 4 is 30.3 Å². The summed E-state index contributed by atoms with van der Waals surface area (Å²) in [6.45, 7) is 2.36. The third kappa shape index (κ3) is 4.47. The van der Waals surface area contributed by atoms with Crippen LogP contribution in [-0.2, 0) is 9.59 Å². The number of nitrogens with one attached hydrogen (secondary N) is 2. The van der Waals surface area contributed by atoms with Gasteiger partial charge in [-0.25, -0.2) is 4.79 Å². The molecule has 2 aromatic rings. The van der Waals surface area contributed by atoms with Crippen molar-refractivity contribution in [3.63, 3.8) is 0 Å². The second-order valence-electron chi connectivity index (χ2n) is 4.76. The van der Waals surface area contributed by atoms with Crippen LogP contribution in [0.4, 0.5) is 11.4 Å². The Balaban J connectivity index is 2.20. The van der Waals surface area contributed by atoms with Gasteiger partial charge < -0.3 is 25.4 Å². The average Bonchev–Trinajstić information content (AvgIpc) is 2.53. The van der Waals surface area contributed by atoms with Gasteiger partial charge in [-0.15, -0.1) is 0 Å². The molecule has 0 unspecified atom stereocenters. The Labute approximate surface area is 137 Å². The quantitative estimate of drug-likeness (QED) is 0.498. The van der Waals surface area contributed by atoms with Crippen LogP contribution in [0.1, 0.15) is 15.9 Å². The topological polar surface area (TPSA) is 114 Å². The van der Waals surface area contributed by atoms with Crippen LogP contribution in [0.2, 0.25) is 0 Å². The normalized spacial score (nSPS) is 9.71. The molecule has 24 heavy (non-hydrogen) atoms. The molecule has 0 aliphatic carbocycles. The van der Waals surface area contributed by atoms with Crippen LogP contribution >= 0.6 is 0 Å². The van der Waals surface area contributed by atoms with Crippen LogP contribution in [0, 0.1) is 6.92 Å². The largest absolute Gasteiger partial charge is 0.478 e. The highest BCUT2D eigenvalue weighted by atomic mass is 16.5. The van der Waals surface area contributed by atoms with E-state index in [2.05, 4.69) is 15.6 Å². The van der Waals surface area contributed by atoms with Gasteiger partial charge in [0.15, 0.2) is 0 Å². The zero-order valence-electron chi connectivity index (χ0n) is 12.6. The summed E-state index contributed by atoms with van der Waals surface area (Å²) in [7, 11) is 0. The van der Waals surface area contributed by atoms with Crippen LogP contribution in [0.15, 0.2) is 36.4 Å². The molecule has 0 heterocycles. The number of aromatic carboxylic acids is 1. The maximum Gasteiger partial charge on any atom is 0.335 e. The molecule has 0 saturated carbocycles. The number of hydrogen-bond acceptors (Lipinski definition) is 7. The smallest absolute Gasteiger partial charge is 0.335 e. The van der Waals surface area contributed by atoms with Gasteiger partial charge in [-0.3, -0.25) is 9.59 Å². The second kappa shape index (κ2) is 7.63. The number of carbonyl (C=O) groups is 3. The Hall–Kier alpha value is -3.55. The molecule has 124 valence electrons. The minimum absolute atomic E-state index is 0.0483. The van der Waals surface area contributed by atoms with E-state index in [9.17, 15) is 14.4 Å². The summed E-state index contributed by atoms with van der Waals surface area (Å²) >= 11 is 0. The molecule has 0 spiro atoms. The highest BCUT2D eigenvalue weighted by Gasteiger charge is 2.08. The maximum absolute atomic E-state index is 11.1. The molecule has 0 fully saturated rings. The Morgan fingerprint density at radius 3 is 2.00 bits per heavy atom. The predicted molar refractivity (Wildman–Crippen MR) is 85.2 cm³/mol. The molecule has 2 aromatic carbocycles. The lowest BCUT2D eigenvalue weighted by Gasteiger charge is -2.13. The minimum atomic E-state index is -1.16. The Bertz CT molecular complexity index is 775. The summed E-state index contributed by atoms with van der Waals surface area (Å²) in [4.78, 5) is 32.0. The number of carbonyl (C=O) groups excluding carboxylic acids is 2. The molecule has 0 atom stereocenters. The molecule has 0 aliphatic rings. The first-order chi connectivity index (χ1) is 11.5. The number of hydrogen-bond donors (Lipinski definition) is 3. The molecule has 8 nitrogen and oxygen atoms in total. The van der Waals surface area contributed by atoms with Crippen LogP contribution in [0.5, 0.6) is 11.5 Å². The molecular formula is C16H14N2O6. The van der Waals surface area contributed by atoms with E-state index >= 15 is 0 Å². The fraction of sp³-hybridized carbons (Fsp3) is 0.0625. The summed E-state index contributed by atoms with van der Waals surface area (Å²) in [6.07, 6.45) is 0. The molecule has 0 aliphatic heterocycles. The van der Waals surface area contributed by atoms with Crippen LogP contribution in [-0.4, -0.2) is 24.0 Å². The third-order valence-electron chi connectivity index (χ3n) is 2.92. The number of carboxylic acid groups (broad SMARTS) is 1. The van der Waals surface area contributed by atoms with Crippen molar-refractivity contribution in [2.75, 3.05) is 10.9 Å². The molecule has 8 heteroatoms. The van der Waals surface area contributed by atoms with Crippen LogP contribution < -0.4 is 20.3 Å². The molecule has 0 radical (unpaired) electrons. The summed E-state index contributed by atoms with van der Waals surface area (Å²) in [5.74, 6) is -0.714. The van der Waals surface area contributed by atoms with Gasteiger partial charge >= 0.3 is 5.97 Å². The molecule has 0 aromatic heterocycles. The van der Waals surface area contributed by atoms with E-state index < -0.39 is 5.97 Å². The number of aryl methyl sites for hydroxylation is 1. The summed E-state index contributed by atoms with van der Waals surface area (Å²) in [5.41, 5.74) is 7.41. The predicted octanol–water partition coefficient (Wildman–Crippen LogP) is 2.20. The van der Waals surface area contributed by atoms with E-state index in [0.717, 1.165) is 5.56 Å². The van der Waals surface area contributed by atoms with Crippen molar-refractivity contribution in [3.8, 4) is 11.5 Å². The van der Waals surface area contributed by atoms with Crippen molar-refractivity contribution in [3.05, 3.63) is 47.5 Å². The number of hydrazine groups is 1. The van der Waals surface area contributed by atoms with Gasteiger partial charge in [0, 0.05) is 12.1 Å². The Morgan fingerprint density at radius 2 is 1.46 bits per heavy atom. The SMILES string of the molecule is Cc1cc(NNc2cc(OC=O)cc(C(=O)O)c2)cc(OC=O)c1. The first-order valence-corrected chi connectivity index (χ1v) is 6.74. The van der Waals surface area contributed by atoms with E-state index in [1.54, 1.807) is 18.2 Å². The average molecular weight is 330 g/mol. The van der Waals surface area contributed by atoms with Gasteiger partial charge in [0.2, 0.25) is 0 Å². The standard InChI is InChI=1S/C16H14N2O6/c1-10-2-12(6-14(3-10)23-8-19)17-18-13-4-11(16(21)22)5-15(7-13)24-9-20/h2-9,17-18H,1H3,(H,21,22). The van der Waals surface area contributed by atoms with Crippen molar-refractivity contribution in [1.82, 2.24) is 0 Å². The van der Waals surface area contributed by atoms with Crippen molar-refractivity contribution in [2.45, 2.75) is 6.92 Å². The lowest BCUT2D eigenvalue weighted by Crippen LogP contribution is -2.10. The second-order valence-corrected chi connectivity index (χ2v) is 4.76. The zero-order chi connectivity index (χ0) is 17.5. The molecule has 2 rings (SSSR count). The number of ether oxygens (including phenoxy) is 2. The summed E-state index contributed by atoms with van der Waals surface area (Å²) in [6, 6.07) is 9.09. The van der Waals surface area contributed by atoms with E-state index in [4.69, 9.17) is 9.84 Å². The van der Waals surface area contributed by atoms with Gasteiger partial charge in [-0.2, -0.15) is 0 Å². The first kappa shape index (κ1) is 16.8. The van der Waals surface area contributed by atoms with Crippen LogP contribution in [0.25, 0.3) is 0 Å². The molecule has 0 amide bonds. The number of carboxylic acids is 1. The first-order valence-electron chi connectivity index (χ1n) is 6.74. The fourth-order valence-corrected chi connectivity index (χ4v) is 2.01. The van der Waals surface area contributed by atoms with Crippen LogP contribution in [0.3, 0.4) is 0 Å². The highest BCUT2D eigenvalue weighted by Crippen LogP contribution is 2.23. The van der Waals surface area contributed by atoms with Gasteiger partial charge in [0.05, 0.1) is 16.9 Å². The highest BCUT2D eigenvalue weighted by molar-refractivity contribution is 5.89. The number of rotatable bonds is 8. The third-order valence-corrected chi connectivity index (χ3v) is 2.92. The van der Waals surface area contributed by atoms with E-state index in [0.29, 0.717) is 23.6 Å². The van der Waals surface area contributed by atoms with Gasteiger partial charge in [-0.1, -0.05) is 0 Å². The minimum Gasteiger partial charge on any atom is -0.478 e. The van der Waals surface area contributed by atoms with E-state index in [1.165, 1.54) is 18.2 Å². The van der Waals surface area contributed by atoms with Gasteiger partial charge in [0.25, 0.3) is 12.9 Å². The number of benzene rings is 2. The lowest BCUT2D eigenvalue weighted by molar-refractivity contribution is -0.121. The fourth-order valence-electron chi connectivity index (χ4n) is 2.01. The monoisotopic (exact) mass is 330 g/mol. The van der Waals surface area contributed by atoms with Crippen molar-refractivity contribution < 1.29 is 29.0 Å². The Morgan fingerprint density at radius 1 is 0.917 bits per heavy atom. The lowest BCUT2D eigenvalue weighted by atomic mass is 10.2. The Kier molecular flexibility index (Phi) is 5.35. The molecule has 0 bridgehead atoms. The van der Waals surface area contributed by atoms with Gasteiger partial charge in [0.1, 0.15) is 11.5 Å².